The maximum atomic E-state index is 14.4. The van der Waals surface area contributed by atoms with Crippen LogP contribution in [0.25, 0.3) is 0 Å². The van der Waals surface area contributed by atoms with Crippen LogP contribution in [0.4, 0.5) is 9.59 Å². The van der Waals surface area contributed by atoms with Gasteiger partial charge < -0.3 is 20.1 Å². The number of Topliss-reactive ketones (excluding diaryl/α,β-unsaturated/α-hetero) is 1. The van der Waals surface area contributed by atoms with Crippen molar-refractivity contribution in [1.82, 2.24) is 21.3 Å². The van der Waals surface area contributed by atoms with E-state index in [1.165, 1.54) is 0 Å². The largest absolute Gasteiger partial charge is 0.445 e. The summed E-state index contributed by atoms with van der Waals surface area (Å²) in [6.07, 6.45) is 0.303. The van der Waals surface area contributed by atoms with Crippen molar-refractivity contribution in [1.29, 1.82) is 0 Å². The first-order chi connectivity index (χ1) is 22.5. The minimum atomic E-state index is -0.592. The average molecular weight is 619 g/mol. The van der Waals surface area contributed by atoms with E-state index in [-0.39, 0.29) is 31.1 Å². The van der Waals surface area contributed by atoms with Gasteiger partial charge in [-0.25, -0.2) is 9.59 Å². The lowest BCUT2D eigenvalue weighted by Gasteiger charge is -2.38. The van der Waals surface area contributed by atoms with E-state index in [0.717, 1.165) is 33.4 Å². The fourth-order valence-corrected chi connectivity index (χ4v) is 6.16. The first-order valence-electron chi connectivity index (χ1n) is 15.6. The van der Waals surface area contributed by atoms with Gasteiger partial charge in [-0.2, -0.15) is 0 Å². The maximum Gasteiger partial charge on any atom is 0.407 e. The molecule has 2 amide bonds. The summed E-state index contributed by atoms with van der Waals surface area (Å²) in [7, 11) is 0. The van der Waals surface area contributed by atoms with Crippen molar-refractivity contribution >= 4 is 18.0 Å². The zero-order valence-corrected chi connectivity index (χ0v) is 25.5. The molecule has 46 heavy (non-hydrogen) atoms. The van der Waals surface area contributed by atoms with E-state index in [1.807, 2.05) is 109 Å². The third-order valence-corrected chi connectivity index (χ3v) is 8.45. The molecule has 4 N–H and O–H groups in total. The van der Waals surface area contributed by atoms with Crippen molar-refractivity contribution in [2.45, 2.75) is 50.2 Å². The molecule has 2 aliphatic heterocycles. The summed E-state index contributed by atoms with van der Waals surface area (Å²) in [5.74, 6) is -0.0207. The van der Waals surface area contributed by atoms with Gasteiger partial charge in [-0.1, -0.05) is 109 Å². The predicted molar refractivity (Wildman–Crippen MR) is 174 cm³/mol. The lowest BCUT2D eigenvalue weighted by molar-refractivity contribution is -0.124. The number of nitrogens with one attached hydrogen (secondary N) is 4. The Labute approximate surface area is 268 Å². The van der Waals surface area contributed by atoms with Crippen LogP contribution in [0.5, 0.6) is 0 Å². The first-order valence-corrected chi connectivity index (χ1v) is 15.6. The summed E-state index contributed by atoms with van der Waals surface area (Å²) in [5, 5.41) is 12.8. The topological polar surface area (TPSA) is 118 Å². The Kier molecular flexibility index (Phi) is 10.0. The van der Waals surface area contributed by atoms with Gasteiger partial charge in [0.25, 0.3) is 0 Å². The van der Waals surface area contributed by atoms with E-state index in [9.17, 15) is 14.4 Å². The number of benzene rings is 4. The van der Waals surface area contributed by atoms with Gasteiger partial charge >= 0.3 is 12.2 Å². The number of amides is 2. The Hall–Kier alpha value is -4.99. The van der Waals surface area contributed by atoms with Crippen LogP contribution < -0.4 is 21.3 Å². The third kappa shape index (κ3) is 7.80. The molecule has 0 spiro atoms. The Morgan fingerprint density at radius 1 is 0.565 bits per heavy atom. The van der Waals surface area contributed by atoms with Gasteiger partial charge in [-0.15, -0.1) is 0 Å². The molecule has 0 saturated carbocycles. The van der Waals surface area contributed by atoms with Crippen LogP contribution in [0.3, 0.4) is 0 Å². The monoisotopic (exact) mass is 618 g/mol. The highest BCUT2D eigenvalue weighted by molar-refractivity contribution is 5.92. The second-order valence-electron chi connectivity index (χ2n) is 11.7. The predicted octanol–water partition coefficient (Wildman–Crippen LogP) is 4.92. The second kappa shape index (κ2) is 14.9. The van der Waals surface area contributed by atoms with Crippen molar-refractivity contribution in [2.75, 3.05) is 13.1 Å². The summed E-state index contributed by atoms with van der Waals surface area (Å²) in [6.45, 7) is 0.973. The van der Waals surface area contributed by atoms with Crippen molar-refractivity contribution in [3.63, 3.8) is 0 Å². The Morgan fingerprint density at radius 3 is 1.39 bits per heavy atom. The SMILES string of the molecule is O=C(NCC1Cc2ccccc2C(C(=O)C2NC(CNC(=O)OCc3ccccc3)Cc3ccccc32)N1)OCc1ccccc1. The molecule has 236 valence electrons. The lowest BCUT2D eigenvalue weighted by atomic mass is 9.81. The highest BCUT2D eigenvalue weighted by Gasteiger charge is 2.38. The number of ether oxygens (including phenoxy) is 2. The molecule has 4 aromatic carbocycles. The van der Waals surface area contributed by atoms with E-state index in [4.69, 9.17) is 9.47 Å². The van der Waals surface area contributed by atoms with Gasteiger partial charge in [0.2, 0.25) is 0 Å². The zero-order valence-electron chi connectivity index (χ0n) is 25.5. The van der Waals surface area contributed by atoms with E-state index < -0.39 is 24.3 Å². The van der Waals surface area contributed by atoms with Crippen LogP contribution in [0.15, 0.2) is 109 Å². The number of hydrogen-bond acceptors (Lipinski definition) is 7. The summed E-state index contributed by atoms with van der Waals surface area (Å²) in [6, 6.07) is 33.4. The third-order valence-electron chi connectivity index (χ3n) is 8.45. The summed E-state index contributed by atoms with van der Waals surface area (Å²) in [5.41, 5.74) is 5.80. The number of carbonyl (C=O) groups is 3. The number of fused-ring (bicyclic) bond motifs is 2. The molecule has 0 bridgehead atoms. The smallest absolute Gasteiger partial charge is 0.407 e. The minimum Gasteiger partial charge on any atom is -0.445 e. The molecule has 4 unspecified atom stereocenters. The van der Waals surface area contributed by atoms with Gasteiger partial charge in [0, 0.05) is 25.2 Å². The second-order valence-corrected chi connectivity index (χ2v) is 11.7. The lowest BCUT2D eigenvalue weighted by Crippen LogP contribution is -2.53. The quantitative estimate of drug-likeness (QED) is 0.199. The molecule has 0 radical (unpaired) electrons. The molecular weight excluding hydrogens is 580 g/mol. The fraction of sp³-hybridized carbons (Fsp3) is 0.270. The average Bonchev–Trinajstić information content (AvgIpc) is 3.11. The molecule has 6 rings (SSSR count). The van der Waals surface area contributed by atoms with Gasteiger partial charge in [0.15, 0.2) is 5.78 Å². The molecule has 2 aliphatic rings. The molecule has 2 heterocycles. The summed E-state index contributed by atoms with van der Waals surface area (Å²) < 4.78 is 10.8. The number of ketones is 1. The molecule has 4 aromatic rings. The molecule has 9 nitrogen and oxygen atoms in total. The van der Waals surface area contributed by atoms with Crippen LogP contribution in [0, 0.1) is 0 Å². The van der Waals surface area contributed by atoms with E-state index >= 15 is 0 Å². The van der Waals surface area contributed by atoms with Crippen molar-refractivity contribution in [2.24, 2.45) is 0 Å². The molecule has 0 aromatic heterocycles. The standard InChI is InChI=1S/C37H38N4O5/c42-35(33-31-17-9-7-15-27(31)19-29(40-33)21-38-36(43)45-23-25-11-3-1-4-12-25)34-32-18-10-8-16-28(32)20-30(41-34)22-39-37(44)46-24-26-13-5-2-6-14-26/h1-18,29-30,33-34,40-41H,19-24H2,(H,38,43)(H,39,44). The van der Waals surface area contributed by atoms with Crippen LogP contribution in [0.1, 0.15) is 45.5 Å². The minimum absolute atomic E-state index is 0.0207. The number of alkyl carbamates (subject to hydrolysis) is 2. The van der Waals surface area contributed by atoms with Crippen molar-refractivity contribution < 1.29 is 23.9 Å². The van der Waals surface area contributed by atoms with E-state index in [0.29, 0.717) is 25.9 Å². The van der Waals surface area contributed by atoms with Gasteiger partial charge in [-0.05, 0) is 46.2 Å². The molecule has 4 atom stereocenters. The Balaban J connectivity index is 1.11. The number of hydrogen-bond donors (Lipinski definition) is 4. The summed E-state index contributed by atoms with van der Waals surface area (Å²) in [4.78, 5) is 39.4. The van der Waals surface area contributed by atoms with Gasteiger partial charge in [0.1, 0.15) is 13.2 Å². The highest BCUT2D eigenvalue weighted by Crippen LogP contribution is 2.33. The number of carbonyl (C=O) groups excluding carboxylic acids is 3. The molecule has 9 heteroatoms. The van der Waals surface area contributed by atoms with E-state index in [2.05, 4.69) is 21.3 Å². The highest BCUT2D eigenvalue weighted by atomic mass is 16.6. The van der Waals surface area contributed by atoms with Gasteiger partial charge in [0.05, 0.1) is 12.1 Å². The van der Waals surface area contributed by atoms with Crippen LogP contribution in [-0.4, -0.2) is 43.1 Å². The molecule has 0 fully saturated rings. The summed E-state index contributed by atoms with van der Waals surface area (Å²) >= 11 is 0. The Bertz CT molecular complexity index is 1530. The fourth-order valence-electron chi connectivity index (χ4n) is 6.16. The molecule has 0 aliphatic carbocycles. The number of rotatable bonds is 10. The first kappa shape index (κ1) is 31.0. The van der Waals surface area contributed by atoms with E-state index in [1.54, 1.807) is 0 Å². The zero-order chi connectivity index (χ0) is 31.7. The van der Waals surface area contributed by atoms with Crippen LogP contribution in [0.2, 0.25) is 0 Å². The van der Waals surface area contributed by atoms with Gasteiger partial charge in [-0.3, -0.25) is 15.4 Å². The molecule has 0 saturated heterocycles. The van der Waals surface area contributed by atoms with Crippen LogP contribution in [-0.2, 0) is 40.3 Å². The van der Waals surface area contributed by atoms with Crippen molar-refractivity contribution in [3.05, 3.63) is 143 Å². The van der Waals surface area contributed by atoms with Crippen molar-refractivity contribution in [3.8, 4) is 0 Å². The normalized spacial score (nSPS) is 20.0. The Morgan fingerprint density at radius 2 is 0.957 bits per heavy atom. The molecular formula is C37H38N4O5. The van der Waals surface area contributed by atoms with Crippen LogP contribution >= 0.6 is 0 Å². The maximum absolute atomic E-state index is 14.4.